The van der Waals surface area contributed by atoms with E-state index in [9.17, 15) is 23.8 Å². The van der Waals surface area contributed by atoms with Gasteiger partial charge in [0.15, 0.2) is 11.3 Å². The van der Waals surface area contributed by atoms with Crippen molar-refractivity contribution in [3.8, 4) is 23.0 Å². The number of phenolic OH excluding ortho intramolecular Hbond substituents is 2. The zero-order valence-corrected chi connectivity index (χ0v) is 11.5. The van der Waals surface area contributed by atoms with Gasteiger partial charge < -0.3 is 19.4 Å². The first-order valence-electron chi connectivity index (χ1n) is 6.51. The first kappa shape index (κ1) is 14.8. The highest BCUT2D eigenvalue weighted by molar-refractivity contribution is 5.86. The van der Waals surface area contributed by atoms with Crippen LogP contribution in [0.4, 0.5) is 8.78 Å². The molecular formula is C16H10F2O5. The monoisotopic (exact) mass is 320 g/mol. The fourth-order valence-electron chi connectivity index (χ4n) is 2.08. The van der Waals surface area contributed by atoms with E-state index in [1.165, 1.54) is 12.1 Å². The summed E-state index contributed by atoms with van der Waals surface area (Å²) < 4.78 is 36.6. The van der Waals surface area contributed by atoms with Gasteiger partial charge in [-0.15, -0.1) is 0 Å². The Hall–Kier alpha value is -3.09. The van der Waals surface area contributed by atoms with Gasteiger partial charge in [0.25, 0.3) is 6.43 Å². The topological polar surface area (TPSA) is 79.9 Å². The Kier molecular flexibility index (Phi) is 3.61. The van der Waals surface area contributed by atoms with Gasteiger partial charge in [-0.05, 0) is 24.3 Å². The van der Waals surface area contributed by atoms with E-state index in [4.69, 9.17) is 9.15 Å². The van der Waals surface area contributed by atoms with E-state index >= 15 is 0 Å². The number of benzene rings is 2. The molecule has 3 rings (SSSR count). The second-order valence-corrected chi connectivity index (χ2v) is 4.65. The average molecular weight is 320 g/mol. The molecule has 0 amide bonds. The minimum absolute atomic E-state index is 0.184. The van der Waals surface area contributed by atoms with Crippen molar-refractivity contribution >= 4 is 11.0 Å². The third-order valence-corrected chi connectivity index (χ3v) is 3.16. The molecule has 1 heterocycles. The smallest absolute Gasteiger partial charge is 0.299 e. The zero-order chi connectivity index (χ0) is 16.6. The molecule has 7 heteroatoms. The van der Waals surface area contributed by atoms with E-state index in [-0.39, 0.29) is 11.1 Å². The molecule has 0 aliphatic heterocycles. The van der Waals surface area contributed by atoms with E-state index in [0.717, 1.165) is 12.1 Å². The quantitative estimate of drug-likeness (QED) is 0.715. The van der Waals surface area contributed by atoms with E-state index in [1.54, 1.807) is 18.2 Å². The summed E-state index contributed by atoms with van der Waals surface area (Å²) in [5.74, 6) is -2.87. The summed E-state index contributed by atoms with van der Waals surface area (Å²) in [6.07, 6.45) is -3.15. The normalized spacial score (nSPS) is 11.1. The Morgan fingerprint density at radius 2 is 1.74 bits per heavy atom. The van der Waals surface area contributed by atoms with Gasteiger partial charge in [-0.25, -0.2) is 8.78 Å². The summed E-state index contributed by atoms with van der Waals surface area (Å²) in [4.78, 5) is 12.4. The molecule has 118 valence electrons. The average Bonchev–Trinajstić information content (AvgIpc) is 2.54. The number of phenols is 2. The number of aromatic hydroxyl groups is 2. The standard InChI is InChI=1S/C16H10F2O5/c17-16(18)15-14(22-8-4-2-1-3-5-8)11(20)9-6-7-10(19)12(21)13(9)23-15/h1-7,16,19,21H. The Bertz CT molecular complexity index is 919. The summed E-state index contributed by atoms with van der Waals surface area (Å²) in [5, 5.41) is 18.9. The van der Waals surface area contributed by atoms with E-state index < -0.39 is 40.4 Å². The van der Waals surface area contributed by atoms with Crippen LogP contribution in [0.3, 0.4) is 0 Å². The molecule has 0 atom stereocenters. The number of ether oxygens (including phenoxy) is 1. The Morgan fingerprint density at radius 3 is 2.39 bits per heavy atom. The number of para-hydroxylation sites is 1. The zero-order valence-electron chi connectivity index (χ0n) is 11.5. The summed E-state index contributed by atoms with van der Waals surface area (Å²) in [7, 11) is 0. The number of alkyl halides is 2. The molecule has 2 aromatic carbocycles. The largest absolute Gasteiger partial charge is 0.504 e. The lowest BCUT2D eigenvalue weighted by atomic mass is 10.2. The van der Waals surface area contributed by atoms with Gasteiger partial charge >= 0.3 is 0 Å². The van der Waals surface area contributed by atoms with Gasteiger partial charge in [-0.1, -0.05) is 18.2 Å². The van der Waals surface area contributed by atoms with Crippen LogP contribution in [0.1, 0.15) is 12.2 Å². The van der Waals surface area contributed by atoms with Crippen molar-refractivity contribution in [2.75, 3.05) is 0 Å². The van der Waals surface area contributed by atoms with Crippen molar-refractivity contribution in [1.82, 2.24) is 0 Å². The molecule has 1 aromatic heterocycles. The van der Waals surface area contributed by atoms with Crippen LogP contribution in [-0.4, -0.2) is 10.2 Å². The molecule has 0 saturated carbocycles. The SMILES string of the molecule is O=c1c(Oc2ccccc2)c(C(F)F)oc2c(O)c(O)ccc12. The minimum atomic E-state index is -3.15. The van der Waals surface area contributed by atoms with E-state index in [2.05, 4.69) is 0 Å². The molecule has 0 saturated heterocycles. The number of hydrogen-bond donors (Lipinski definition) is 2. The Labute approximate surface area is 128 Å². The van der Waals surface area contributed by atoms with Crippen LogP contribution in [0, 0.1) is 0 Å². The van der Waals surface area contributed by atoms with Gasteiger partial charge in [-0.2, -0.15) is 0 Å². The number of halogens is 2. The fraction of sp³-hybridized carbons (Fsp3) is 0.0625. The predicted molar refractivity (Wildman–Crippen MR) is 77.3 cm³/mol. The Balaban J connectivity index is 2.28. The van der Waals surface area contributed by atoms with Gasteiger partial charge in [0, 0.05) is 0 Å². The van der Waals surface area contributed by atoms with Gasteiger partial charge in [-0.3, -0.25) is 4.79 Å². The minimum Gasteiger partial charge on any atom is -0.504 e. The van der Waals surface area contributed by atoms with Crippen LogP contribution in [0.15, 0.2) is 51.7 Å². The number of rotatable bonds is 3. The van der Waals surface area contributed by atoms with Crippen molar-refractivity contribution in [3.63, 3.8) is 0 Å². The van der Waals surface area contributed by atoms with Gasteiger partial charge in [0.05, 0.1) is 5.39 Å². The lowest BCUT2D eigenvalue weighted by Gasteiger charge is -2.11. The van der Waals surface area contributed by atoms with Crippen LogP contribution in [0.2, 0.25) is 0 Å². The molecule has 0 aliphatic rings. The van der Waals surface area contributed by atoms with Crippen LogP contribution in [-0.2, 0) is 0 Å². The summed E-state index contributed by atoms with van der Waals surface area (Å²) in [6, 6.07) is 10.1. The molecule has 0 aliphatic carbocycles. The van der Waals surface area contributed by atoms with Gasteiger partial charge in [0.1, 0.15) is 5.75 Å². The maximum atomic E-state index is 13.2. The third kappa shape index (κ3) is 2.57. The predicted octanol–water partition coefficient (Wildman–Crippen LogP) is 3.93. The van der Waals surface area contributed by atoms with Crippen molar-refractivity contribution in [1.29, 1.82) is 0 Å². The van der Waals surface area contributed by atoms with Crippen molar-refractivity contribution in [3.05, 3.63) is 58.4 Å². The highest BCUT2D eigenvalue weighted by atomic mass is 19.3. The first-order chi connectivity index (χ1) is 11.0. The molecule has 0 radical (unpaired) electrons. The molecule has 5 nitrogen and oxygen atoms in total. The molecule has 3 aromatic rings. The second-order valence-electron chi connectivity index (χ2n) is 4.65. The highest BCUT2D eigenvalue weighted by Gasteiger charge is 2.25. The van der Waals surface area contributed by atoms with Crippen molar-refractivity contribution < 1.29 is 28.1 Å². The molecular weight excluding hydrogens is 310 g/mol. The summed E-state index contributed by atoms with van der Waals surface area (Å²) >= 11 is 0. The number of hydrogen-bond acceptors (Lipinski definition) is 5. The van der Waals surface area contributed by atoms with E-state index in [1.807, 2.05) is 0 Å². The molecule has 2 N–H and O–H groups in total. The lowest BCUT2D eigenvalue weighted by Crippen LogP contribution is -2.09. The molecule has 0 spiro atoms. The van der Waals surface area contributed by atoms with Gasteiger partial charge in [0.2, 0.25) is 22.7 Å². The Morgan fingerprint density at radius 1 is 1.04 bits per heavy atom. The van der Waals surface area contributed by atoms with Crippen LogP contribution in [0.25, 0.3) is 11.0 Å². The molecule has 0 bridgehead atoms. The van der Waals surface area contributed by atoms with Crippen LogP contribution < -0.4 is 10.2 Å². The second kappa shape index (κ2) is 5.60. The maximum Gasteiger partial charge on any atom is 0.299 e. The summed E-state index contributed by atoms with van der Waals surface area (Å²) in [5.41, 5.74) is -1.40. The van der Waals surface area contributed by atoms with Crippen molar-refractivity contribution in [2.24, 2.45) is 0 Å². The summed E-state index contributed by atoms with van der Waals surface area (Å²) in [6.45, 7) is 0. The fourth-order valence-corrected chi connectivity index (χ4v) is 2.08. The van der Waals surface area contributed by atoms with Crippen molar-refractivity contribution in [2.45, 2.75) is 6.43 Å². The molecule has 0 fully saturated rings. The number of fused-ring (bicyclic) bond motifs is 1. The van der Waals surface area contributed by atoms with Crippen LogP contribution >= 0.6 is 0 Å². The molecule has 23 heavy (non-hydrogen) atoms. The maximum absolute atomic E-state index is 13.2. The molecule has 0 unspecified atom stereocenters. The van der Waals surface area contributed by atoms with E-state index in [0.29, 0.717) is 0 Å². The van der Waals surface area contributed by atoms with Crippen LogP contribution in [0.5, 0.6) is 23.0 Å². The lowest BCUT2D eigenvalue weighted by molar-refractivity contribution is 0.117. The third-order valence-electron chi connectivity index (χ3n) is 3.16. The first-order valence-corrected chi connectivity index (χ1v) is 6.51. The highest BCUT2D eigenvalue weighted by Crippen LogP contribution is 2.38.